The monoisotopic (exact) mass is 417 g/mol. The number of carbonyl (C=O) groups is 3. The van der Waals surface area contributed by atoms with E-state index in [4.69, 9.17) is 9.84 Å². The fourth-order valence-electron chi connectivity index (χ4n) is 3.34. The number of nitrogens with one attached hydrogen (secondary N) is 2. The molecule has 0 bridgehead atoms. The van der Waals surface area contributed by atoms with Gasteiger partial charge in [0.05, 0.1) is 6.61 Å². The summed E-state index contributed by atoms with van der Waals surface area (Å²) < 4.78 is 5.07. The van der Waals surface area contributed by atoms with Gasteiger partial charge in [0.15, 0.2) is 0 Å². The van der Waals surface area contributed by atoms with E-state index in [9.17, 15) is 14.4 Å². The number of aliphatic hydroxyl groups excluding tert-OH is 1. The number of benzene rings is 1. The van der Waals surface area contributed by atoms with Gasteiger partial charge in [-0.05, 0) is 36.5 Å². The first-order valence-corrected chi connectivity index (χ1v) is 10.3. The lowest BCUT2D eigenvalue weighted by molar-refractivity contribution is -0.130. The van der Waals surface area contributed by atoms with E-state index in [0.717, 1.165) is 5.56 Å². The molecule has 8 nitrogen and oxygen atoms in total. The fourth-order valence-corrected chi connectivity index (χ4v) is 3.34. The van der Waals surface area contributed by atoms with Crippen LogP contribution in [-0.4, -0.2) is 53.1 Å². The van der Waals surface area contributed by atoms with Crippen LogP contribution in [0.25, 0.3) is 0 Å². The van der Waals surface area contributed by atoms with Crippen molar-refractivity contribution in [2.75, 3.05) is 18.5 Å². The lowest BCUT2D eigenvalue weighted by Gasteiger charge is -2.28. The number of amides is 3. The first-order chi connectivity index (χ1) is 14.4. The number of likely N-dealkylation sites (tertiary alicyclic amines) is 1. The Hall–Kier alpha value is -2.87. The number of nitrogens with zero attached hydrogens (tertiary/aromatic N) is 1. The summed E-state index contributed by atoms with van der Waals surface area (Å²) in [5.74, 6) is -0.791. The van der Waals surface area contributed by atoms with Crippen molar-refractivity contribution in [1.29, 1.82) is 0 Å². The zero-order chi connectivity index (χ0) is 22.1. The number of hydrogen-bond donors (Lipinski definition) is 3. The summed E-state index contributed by atoms with van der Waals surface area (Å²) in [4.78, 5) is 39.4. The minimum atomic E-state index is -0.744. The van der Waals surface area contributed by atoms with E-state index >= 15 is 0 Å². The lowest BCUT2D eigenvalue weighted by Crippen LogP contribution is -2.54. The van der Waals surface area contributed by atoms with Crippen molar-refractivity contribution in [2.24, 2.45) is 5.92 Å². The zero-order valence-corrected chi connectivity index (χ0v) is 17.6. The van der Waals surface area contributed by atoms with E-state index in [1.807, 2.05) is 13.8 Å². The van der Waals surface area contributed by atoms with Crippen molar-refractivity contribution in [2.45, 2.75) is 51.8 Å². The summed E-state index contributed by atoms with van der Waals surface area (Å²) in [6.45, 7) is 7.79. The van der Waals surface area contributed by atoms with E-state index in [0.29, 0.717) is 31.5 Å². The number of carbonyl (C=O) groups excluding carboxylic acids is 3. The van der Waals surface area contributed by atoms with Crippen molar-refractivity contribution in [3.8, 4) is 0 Å². The van der Waals surface area contributed by atoms with E-state index < -0.39 is 18.2 Å². The van der Waals surface area contributed by atoms with Gasteiger partial charge in [-0.1, -0.05) is 45.1 Å². The van der Waals surface area contributed by atoms with Crippen LogP contribution in [-0.2, 0) is 20.9 Å². The van der Waals surface area contributed by atoms with Crippen LogP contribution in [0.15, 0.2) is 36.9 Å². The molecule has 1 saturated heterocycles. The molecule has 30 heavy (non-hydrogen) atoms. The molecule has 8 heteroatoms. The minimum absolute atomic E-state index is 0.0765. The third-order valence-electron chi connectivity index (χ3n) is 5.31. The molecule has 1 aromatic rings. The Balaban J connectivity index is 2.06. The van der Waals surface area contributed by atoms with Crippen LogP contribution in [0.1, 0.15) is 38.7 Å². The molecule has 2 rings (SSSR count). The molecule has 1 heterocycles. The molecule has 1 aliphatic rings. The van der Waals surface area contributed by atoms with E-state index in [1.165, 1.54) is 11.0 Å². The third-order valence-corrected chi connectivity index (χ3v) is 5.31. The van der Waals surface area contributed by atoms with Gasteiger partial charge in [0.1, 0.15) is 18.7 Å². The molecule has 3 amide bonds. The predicted octanol–water partition coefficient (Wildman–Crippen LogP) is 2.44. The van der Waals surface area contributed by atoms with E-state index in [1.54, 1.807) is 24.3 Å². The van der Waals surface area contributed by atoms with Gasteiger partial charge in [-0.2, -0.15) is 0 Å². The molecular weight excluding hydrogens is 386 g/mol. The smallest absolute Gasteiger partial charge is 0.410 e. The van der Waals surface area contributed by atoms with Crippen molar-refractivity contribution in [3.05, 3.63) is 42.5 Å². The summed E-state index contributed by atoms with van der Waals surface area (Å²) in [5, 5.41) is 14.8. The average Bonchev–Trinajstić information content (AvgIpc) is 3.25. The van der Waals surface area contributed by atoms with Gasteiger partial charge in [0.25, 0.3) is 0 Å². The molecule has 0 radical (unpaired) electrons. The van der Waals surface area contributed by atoms with Crippen molar-refractivity contribution in [1.82, 2.24) is 10.2 Å². The minimum Gasteiger partial charge on any atom is -0.445 e. The quantitative estimate of drug-likeness (QED) is 0.535. The summed E-state index contributed by atoms with van der Waals surface area (Å²) in [5.41, 5.74) is 1.32. The Morgan fingerprint density at radius 1 is 1.33 bits per heavy atom. The molecule has 3 atom stereocenters. The molecule has 1 aromatic carbocycles. The largest absolute Gasteiger partial charge is 0.445 e. The van der Waals surface area contributed by atoms with E-state index in [-0.39, 0.29) is 30.9 Å². The molecule has 2 unspecified atom stereocenters. The van der Waals surface area contributed by atoms with E-state index in [2.05, 4.69) is 17.2 Å². The maximum atomic E-state index is 12.9. The maximum absolute atomic E-state index is 12.9. The maximum Gasteiger partial charge on any atom is 0.410 e. The molecule has 1 fully saturated rings. The second-order valence-electron chi connectivity index (χ2n) is 7.43. The SMILES string of the molecule is C=CCOC(=O)N1CCC[C@H]1C(=O)NC(C(=O)Nc1ccc(CO)cc1)C(C)CC. The van der Waals surface area contributed by atoms with Gasteiger partial charge in [-0.3, -0.25) is 14.5 Å². The molecule has 0 saturated carbocycles. The topological polar surface area (TPSA) is 108 Å². The Kier molecular flexibility index (Phi) is 8.86. The zero-order valence-electron chi connectivity index (χ0n) is 17.6. The molecule has 1 aliphatic heterocycles. The third kappa shape index (κ3) is 6.06. The number of hydrogen-bond acceptors (Lipinski definition) is 5. The number of ether oxygens (including phenoxy) is 1. The molecule has 0 aromatic heterocycles. The van der Waals surface area contributed by atoms with Gasteiger partial charge in [-0.25, -0.2) is 4.79 Å². The number of anilines is 1. The van der Waals surface area contributed by atoms with Gasteiger partial charge >= 0.3 is 6.09 Å². The second-order valence-corrected chi connectivity index (χ2v) is 7.43. The van der Waals surface area contributed by atoms with Crippen LogP contribution < -0.4 is 10.6 Å². The highest BCUT2D eigenvalue weighted by Crippen LogP contribution is 2.20. The highest BCUT2D eigenvalue weighted by Gasteiger charge is 2.37. The fraction of sp³-hybridized carbons (Fsp3) is 0.500. The lowest BCUT2D eigenvalue weighted by atomic mass is 9.97. The molecular formula is C22H31N3O5. The van der Waals surface area contributed by atoms with Gasteiger partial charge < -0.3 is 20.5 Å². The van der Waals surface area contributed by atoms with Gasteiger partial charge in [0.2, 0.25) is 11.8 Å². The average molecular weight is 418 g/mol. The van der Waals surface area contributed by atoms with Crippen LogP contribution in [0.2, 0.25) is 0 Å². The summed E-state index contributed by atoms with van der Waals surface area (Å²) in [6, 6.07) is 5.44. The van der Waals surface area contributed by atoms with Crippen molar-refractivity contribution >= 4 is 23.6 Å². The van der Waals surface area contributed by atoms with Gasteiger partial charge in [0, 0.05) is 12.2 Å². The van der Waals surface area contributed by atoms with Crippen LogP contribution in [0.4, 0.5) is 10.5 Å². The molecule has 3 N–H and O–H groups in total. The first-order valence-electron chi connectivity index (χ1n) is 10.3. The Morgan fingerprint density at radius 3 is 2.63 bits per heavy atom. The van der Waals surface area contributed by atoms with Crippen LogP contribution in [0.5, 0.6) is 0 Å². The van der Waals surface area contributed by atoms with Crippen LogP contribution in [0, 0.1) is 5.92 Å². The van der Waals surface area contributed by atoms with Crippen LogP contribution in [0.3, 0.4) is 0 Å². The summed E-state index contributed by atoms with van der Waals surface area (Å²) in [7, 11) is 0. The molecule has 0 aliphatic carbocycles. The number of rotatable bonds is 9. The molecule has 164 valence electrons. The van der Waals surface area contributed by atoms with Crippen molar-refractivity contribution in [3.63, 3.8) is 0 Å². The normalized spacial score (nSPS) is 17.7. The standard InChI is InChI=1S/C22H31N3O5/c1-4-13-30-22(29)25-12-6-7-18(25)20(27)24-19(15(3)5-2)21(28)23-17-10-8-16(14-26)9-11-17/h4,8-11,15,18-19,26H,1,5-7,12-14H2,2-3H3,(H,23,28)(H,24,27)/t15?,18-,19?/m0/s1. The second kappa shape index (κ2) is 11.3. The highest BCUT2D eigenvalue weighted by molar-refractivity contribution is 5.98. The Bertz CT molecular complexity index is 750. The summed E-state index contributed by atoms with van der Waals surface area (Å²) in [6.07, 6.45) is 2.82. The number of aliphatic hydroxyl groups is 1. The Labute approximate surface area is 177 Å². The summed E-state index contributed by atoms with van der Waals surface area (Å²) >= 11 is 0. The van der Waals surface area contributed by atoms with Crippen LogP contribution >= 0.6 is 0 Å². The highest BCUT2D eigenvalue weighted by atomic mass is 16.6. The predicted molar refractivity (Wildman–Crippen MR) is 114 cm³/mol. The van der Waals surface area contributed by atoms with Crippen molar-refractivity contribution < 1.29 is 24.2 Å². The molecule has 0 spiro atoms. The van der Waals surface area contributed by atoms with Gasteiger partial charge in [-0.15, -0.1) is 0 Å². The Morgan fingerprint density at radius 2 is 2.03 bits per heavy atom. The first kappa shape index (κ1) is 23.4.